The molecule has 0 fully saturated rings. The van der Waals surface area contributed by atoms with Gasteiger partial charge in [-0.2, -0.15) is 0 Å². The molecule has 1 heterocycles. The number of hydrogen-bond acceptors (Lipinski definition) is 4. The van der Waals surface area contributed by atoms with Gasteiger partial charge in [0.15, 0.2) is 8.03 Å². The van der Waals surface area contributed by atoms with Crippen molar-refractivity contribution in [1.82, 2.24) is 4.57 Å². The van der Waals surface area contributed by atoms with E-state index in [0.717, 1.165) is 27.8 Å². The summed E-state index contributed by atoms with van der Waals surface area (Å²) in [6, 6.07) is 14.1. The monoisotopic (exact) mass is 457 g/mol. The van der Waals surface area contributed by atoms with E-state index in [1.54, 1.807) is 12.1 Å². The maximum atomic E-state index is 13.5. The lowest BCUT2D eigenvalue weighted by atomic mass is 9.99. The number of carboxylic acid groups (broad SMARTS) is 1. The van der Waals surface area contributed by atoms with Crippen LogP contribution < -0.4 is 0 Å². The molecule has 0 radical (unpaired) electrons. The zero-order valence-corrected chi connectivity index (χ0v) is 18.8. The van der Waals surface area contributed by atoms with E-state index in [4.69, 9.17) is 9.63 Å². The molecule has 3 aromatic rings. The molecule has 2 N–H and O–H groups in total. The number of benzene rings is 2. The normalized spacial score (nSPS) is 13.0. The number of carboxylic acids is 1. The molecular formula is C24H25FNO5P. The Labute approximate surface area is 186 Å². The minimum Gasteiger partial charge on any atom is -0.481 e. The summed E-state index contributed by atoms with van der Waals surface area (Å²) < 4.78 is 32.7. The van der Waals surface area contributed by atoms with Crippen LogP contribution in [-0.2, 0) is 13.9 Å². The molecule has 0 saturated carbocycles. The van der Waals surface area contributed by atoms with E-state index in [1.165, 1.54) is 12.1 Å². The lowest BCUT2D eigenvalue weighted by molar-refractivity contribution is -0.138. The molecule has 0 aliphatic rings. The molecule has 3 rings (SSSR count). The fraction of sp³-hybridized carbons (Fsp3) is 0.292. The summed E-state index contributed by atoms with van der Waals surface area (Å²) in [5.41, 5.74) is 3.49. The molecule has 1 aromatic heterocycles. The van der Waals surface area contributed by atoms with Crippen molar-refractivity contribution in [3.05, 3.63) is 65.6 Å². The van der Waals surface area contributed by atoms with Crippen molar-refractivity contribution in [2.75, 3.05) is 12.8 Å². The Morgan fingerprint density at radius 1 is 1.19 bits per heavy atom. The van der Waals surface area contributed by atoms with Crippen LogP contribution >= 0.6 is 8.03 Å². The maximum Gasteiger partial charge on any atom is 0.305 e. The predicted octanol–water partition coefficient (Wildman–Crippen LogP) is 4.57. The van der Waals surface area contributed by atoms with Crippen LogP contribution in [0.15, 0.2) is 48.5 Å². The third kappa shape index (κ3) is 5.66. The molecule has 0 aliphatic heterocycles. The molecule has 2 aromatic carbocycles. The molecule has 8 heteroatoms. The van der Waals surface area contributed by atoms with E-state index in [1.807, 2.05) is 28.8 Å². The molecule has 0 bridgehead atoms. The smallest absolute Gasteiger partial charge is 0.305 e. The SMILES string of the molecule is CC(C)c1c(C#CCO[PH](=O)C[C@@H](O)CC(=O)O)n(-c2ccc(F)cc2)c2ccccc12. The van der Waals surface area contributed by atoms with E-state index < -0.39 is 26.5 Å². The van der Waals surface area contributed by atoms with Crippen molar-refractivity contribution in [2.45, 2.75) is 32.3 Å². The van der Waals surface area contributed by atoms with Gasteiger partial charge in [-0.1, -0.05) is 38.0 Å². The Morgan fingerprint density at radius 3 is 2.53 bits per heavy atom. The van der Waals surface area contributed by atoms with Gasteiger partial charge in [0.05, 0.1) is 18.0 Å². The summed E-state index contributed by atoms with van der Waals surface area (Å²) in [5, 5.41) is 19.3. The van der Waals surface area contributed by atoms with Gasteiger partial charge in [-0.15, -0.1) is 0 Å². The molecule has 6 nitrogen and oxygen atoms in total. The number of rotatable bonds is 8. The van der Waals surface area contributed by atoms with Gasteiger partial charge in [-0.05, 0) is 47.7 Å². The summed E-state index contributed by atoms with van der Waals surface area (Å²) >= 11 is 0. The van der Waals surface area contributed by atoms with Gasteiger partial charge in [0, 0.05) is 17.2 Å². The largest absolute Gasteiger partial charge is 0.481 e. The fourth-order valence-corrected chi connectivity index (χ4v) is 4.47. The first-order valence-corrected chi connectivity index (χ1v) is 11.7. The molecule has 32 heavy (non-hydrogen) atoms. The van der Waals surface area contributed by atoms with E-state index >= 15 is 0 Å². The van der Waals surface area contributed by atoms with Crippen molar-refractivity contribution in [3.8, 4) is 17.5 Å². The van der Waals surface area contributed by atoms with Crippen LogP contribution in [0.4, 0.5) is 4.39 Å². The van der Waals surface area contributed by atoms with Gasteiger partial charge in [0.1, 0.15) is 18.1 Å². The van der Waals surface area contributed by atoms with E-state index in [-0.39, 0.29) is 24.5 Å². The van der Waals surface area contributed by atoms with Crippen LogP contribution in [0.1, 0.15) is 37.4 Å². The first kappa shape index (κ1) is 23.7. The summed E-state index contributed by atoms with van der Waals surface area (Å²) in [7, 11) is -2.62. The Morgan fingerprint density at radius 2 is 1.88 bits per heavy atom. The van der Waals surface area contributed by atoms with Crippen LogP contribution in [0.2, 0.25) is 0 Å². The van der Waals surface area contributed by atoms with Crippen LogP contribution in [0.25, 0.3) is 16.6 Å². The van der Waals surface area contributed by atoms with Crippen molar-refractivity contribution in [3.63, 3.8) is 0 Å². The second kappa shape index (κ2) is 10.6. The van der Waals surface area contributed by atoms with Gasteiger partial charge in [-0.3, -0.25) is 9.36 Å². The standard InChI is InChI=1S/C24H25FNO5P/c1-16(2)24-20-6-3-4-7-21(20)26(18-11-9-17(25)10-12-18)22(24)8-5-13-31-32(30)15-19(27)14-23(28)29/h3-4,6-7,9-12,16,19,27,32H,13-15H2,1-2H3,(H,28,29)/t19-/m0/s1. The third-order valence-electron chi connectivity index (χ3n) is 4.90. The second-order valence-corrected chi connectivity index (χ2v) is 9.11. The zero-order valence-electron chi connectivity index (χ0n) is 17.8. The quantitative estimate of drug-likeness (QED) is 0.382. The number of carbonyl (C=O) groups is 1. The number of fused-ring (bicyclic) bond motifs is 1. The van der Waals surface area contributed by atoms with Crippen LogP contribution in [0, 0.1) is 17.7 Å². The fourth-order valence-electron chi connectivity index (χ4n) is 3.59. The average molecular weight is 457 g/mol. The number of halogens is 1. The molecular weight excluding hydrogens is 432 g/mol. The van der Waals surface area contributed by atoms with Gasteiger partial charge in [0.25, 0.3) is 0 Å². The van der Waals surface area contributed by atoms with Crippen molar-refractivity contribution in [1.29, 1.82) is 0 Å². The number of hydrogen-bond donors (Lipinski definition) is 2. The van der Waals surface area contributed by atoms with Crippen molar-refractivity contribution >= 4 is 24.9 Å². The number of aliphatic carboxylic acids is 1. The molecule has 0 spiro atoms. The third-order valence-corrected chi connectivity index (χ3v) is 6.17. The Kier molecular flexibility index (Phi) is 7.87. The summed E-state index contributed by atoms with van der Waals surface area (Å²) in [6.45, 7) is 4.02. The van der Waals surface area contributed by atoms with E-state index in [2.05, 4.69) is 25.7 Å². The van der Waals surface area contributed by atoms with Gasteiger partial charge in [-0.25, -0.2) is 4.39 Å². The van der Waals surface area contributed by atoms with Crippen LogP contribution in [0.5, 0.6) is 0 Å². The molecule has 0 saturated heterocycles. The number of aromatic nitrogens is 1. The first-order chi connectivity index (χ1) is 15.3. The Bertz CT molecular complexity index is 1190. The van der Waals surface area contributed by atoms with Crippen molar-refractivity contribution < 1.29 is 28.5 Å². The molecule has 1 unspecified atom stereocenters. The lowest BCUT2D eigenvalue weighted by Gasteiger charge is -2.10. The average Bonchev–Trinajstić information content (AvgIpc) is 3.05. The lowest BCUT2D eigenvalue weighted by Crippen LogP contribution is -2.15. The van der Waals surface area contributed by atoms with E-state index in [9.17, 15) is 18.9 Å². The number of para-hydroxylation sites is 1. The molecule has 2 atom stereocenters. The highest BCUT2D eigenvalue weighted by Gasteiger charge is 2.19. The molecule has 168 valence electrons. The number of nitrogens with zero attached hydrogens (tertiary/aromatic N) is 1. The highest BCUT2D eigenvalue weighted by molar-refractivity contribution is 7.39. The van der Waals surface area contributed by atoms with Crippen LogP contribution in [-0.4, -0.2) is 39.6 Å². The molecule has 0 aliphatic carbocycles. The topological polar surface area (TPSA) is 88.8 Å². The minimum atomic E-state index is -2.62. The maximum absolute atomic E-state index is 13.5. The predicted molar refractivity (Wildman–Crippen MR) is 122 cm³/mol. The highest BCUT2D eigenvalue weighted by Crippen LogP contribution is 2.34. The van der Waals surface area contributed by atoms with Gasteiger partial charge >= 0.3 is 5.97 Å². The minimum absolute atomic E-state index is 0.125. The summed E-state index contributed by atoms with van der Waals surface area (Å²) in [4.78, 5) is 10.6. The second-order valence-electron chi connectivity index (χ2n) is 7.66. The summed E-state index contributed by atoms with van der Waals surface area (Å²) in [6.07, 6.45) is -1.94. The Hall–Kier alpha value is -2.91. The zero-order chi connectivity index (χ0) is 23.3. The highest BCUT2D eigenvalue weighted by atomic mass is 31.1. The molecule has 0 amide bonds. The van der Waals surface area contributed by atoms with Crippen molar-refractivity contribution in [2.24, 2.45) is 0 Å². The van der Waals surface area contributed by atoms with Crippen LogP contribution in [0.3, 0.4) is 0 Å². The van der Waals surface area contributed by atoms with Gasteiger partial charge in [0.2, 0.25) is 0 Å². The first-order valence-electron chi connectivity index (χ1n) is 10.2. The summed E-state index contributed by atoms with van der Waals surface area (Å²) in [5.74, 6) is 4.68. The van der Waals surface area contributed by atoms with E-state index in [0.29, 0.717) is 0 Å². The Balaban J connectivity index is 1.92. The number of aliphatic hydroxyl groups excluding tert-OH is 1. The number of aliphatic hydroxyl groups is 1. The van der Waals surface area contributed by atoms with Gasteiger partial charge < -0.3 is 19.3 Å².